The molecule has 0 saturated heterocycles. The van der Waals surface area contributed by atoms with Crippen LogP contribution in [0.25, 0.3) is 0 Å². The third kappa shape index (κ3) is 10.8. The summed E-state index contributed by atoms with van der Waals surface area (Å²) in [7, 11) is 2.98. The van der Waals surface area contributed by atoms with Crippen molar-refractivity contribution in [2.45, 2.75) is 38.4 Å². The number of esters is 1. The lowest BCUT2D eigenvalue weighted by Gasteiger charge is -2.27. The van der Waals surface area contributed by atoms with Gasteiger partial charge in [-0.2, -0.15) is 17.6 Å². The third-order valence-electron chi connectivity index (χ3n) is 5.38. The van der Waals surface area contributed by atoms with Crippen LogP contribution in [0.5, 0.6) is 17.2 Å². The Morgan fingerprint density at radius 2 is 1.33 bits per heavy atom. The average Bonchev–Trinajstić information content (AvgIpc) is 2.97. The average molecular weight is 613 g/mol. The summed E-state index contributed by atoms with van der Waals surface area (Å²) in [5.41, 5.74) is 0.530. The highest BCUT2D eigenvalue weighted by Gasteiger charge is 2.45. The summed E-state index contributed by atoms with van der Waals surface area (Å²) in [5, 5.41) is -0.425. The van der Waals surface area contributed by atoms with E-state index in [-0.39, 0.29) is 18.8 Å². The van der Waals surface area contributed by atoms with Crippen LogP contribution in [0.3, 0.4) is 0 Å². The normalized spacial score (nSPS) is 11.8. The molecule has 0 N–H and O–H groups in total. The Labute approximate surface area is 247 Å². The summed E-state index contributed by atoms with van der Waals surface area (Å²) in [6.07, 6.45) is -6.02. The molecule has 12 heteroatoms. The number of halogens is 4. The fourth-order valence-corrected chi connectivity index (χ4v) is 3.58. The lowest BCUT2D eigenvalue weighted by atomic mass is 10.1. The molecule has 0 fully saturated rings. The van der Waals surface area contributed by atoms with E-state index >= 15 is 0 Å². The molecule has 3 rings (SSSR count). The summed E-state index contributed by atoms with van der Waals surface area (Å²) >= 11 is 4.96. The van der Waals surface area contributed by atoms with Crippen LogP contribution in [0.15, 0.2) is 78.9 Å². The maximum atomic E-state index is 14.4. The highest BCUT2D eigenvalue weighted by Crippen LogP contribution is 2.37. The number of para-hydroxylation sites is 1. The highest BCUT2D eigenvalue weighted by atomic mass is 32.1. The Morgan fingerprint density at radius 1 is 0.786 bits per heavy atom. The van der Waals surface area contributed by atoms with E-state index in [1.165, 1.54) is 52.3 Å². The van der Waals surface area contributed by atoms with E-state index in [2.05, 4.69) is 9.47 Å². The zero-order valence-corrected chi connectivity index (χ0v) is 24.3. The van der Waals surface area contributed by atoms with Crippen LogP contribution in [0.1, 0.15) is 31.1 Å². The number of thiocarbonyl (C=S) groups is 1. The van der Waals surface area contributed by atoms with Crippen LogP contribution in [0, 0.1) is 0 Å². The molecule has 0 radical (unpaired) electrons. The third-order valence-corrected chi connectivity index (χ3v) is 5.56. The van der Waals surface area contributed by atoms with Crippen LogP contribution in [-0.2, 0) is 25.4 Å². The van der Waals surface area contributed by atoms with Crippen LogP contribution in [-0.4, -0.2) is 50.7 Å². The van der Waals surface area contributed by atoms with Crippen molar-refractivity contribution in [3.8, 4) is 17.2 Å². The Kier molecular flexibility index (Phi) is 13.5. The molecule has 1 atom stereocenters. The maximum absolute atomic E-state index is 14.4. The minimum Gasteiger partial charge on any atom is -0.497 e. The second kappa shape index (κ2) is 16.5. The number of rotatable bonds is 12. The maximum Gasteiger partial charge on any atom is 0.396 e. The van der Waals surface area contributed by atoms with Crippen LogP contribution in [0.4, 0.5) is 17.6 Å². The number of hydrogen-bond acceptors (Lipinski definition) is 8. The van der Waals surface area contributed by atoms with Gasteiger partial charge in [0.2, 0.25) is 6.10 Å². The topological polar surface area (TPSA) is 72.5 Å². The summed E-state index contributed by atoms with van der Waals surface area (Å²) < 4.78 is 84.8. The Morgan fingerprint density at radius 3 is 1.83 bits per heavy atom. The largest absolute Gasteiger partial charge is 0.497 e. The molecule has 3 aromatic rings. The molecule has 0 aliphatic heterocycles. The molecule has 228 valence electrons. The molecule has 0 heterocycles. The summed E-state index contributed by atoms with van der Waals surface area (Å²) in [5.74, 6) is -3.49. The van der Waals surface area contributed by atoms with Gasteiger partial charge < -0.3 is 28.4 Å². The standard InChI is InChI=1S/C18H18F2O4S.C12H14F2O3/c1-3-22-18(19,20)16(13-9-11-14(21-2)12-10-13)24-17(25)23-15-7-5-4-6-8-15;1-3-17-11(15)12(13,14)8-9-4-6-10(16-2)7-5-9/h4-12,16H,3H2,1-2H3;4-7H,3,8H2,1-2H3. The SMILES string of the molecule is CCOC(=O)C(F)(F)Cc1ccc(OC)cc1.CCOC(F)(F)C(OC(=S)Oc1ccccc1)c1ccc(OC)cc1. The molecule has 0 aliphatic rings. The second-order valence-corrected chi connectivity index (χ2v) is 8.71. The molecule has 0 bridgehead atoms. The van der Waals surface area contributed by atoms with Gasteiger partial charge in [0.1, 0.15) is 17.2 Å². The lowest BCUT2D eigenvalue weighted by molar-refractivity contribution is -0.287. The number of alkyl halides is 4. The second-order valence-electron chi connectivity index (χ2n) is 8.38. The molecule has 0 spiro atoms. The van der Waals surface area contributed by atoms with Gasteiger partial charge in [-0.05, 0) is 55.8 Å². The number of methoxy groups -OCH3 is 2. The molecule has 1 unspecified atom stereocenters. The van der Waals surface area contributed by atoms with Gasteiger partial charge >= 0.3 is 23.2 Å². The molecule has 0 aliphatic carbocycles. The Hall–Kier alpha value is -3.90. The van der Waals surface area contributed by atoms with Gasteiger partial charge in [0.05, 0.1) is 27.4 Å². The molecular formula is C30H32F4O7S. The van der Waals surface area contributed by atoms with Gasteiger partial charge in [0.25, 0.3) is 0 Å². The van der Waals surface area contributed by atoms with Gasteiger partial charge in [-0.3, -0.25) is 0 Å². The quantitative estimate of drug-likeness (QED) is 0.121. The first-order chi connectivity index (χ1) is 19.9. The van der Waals surface area contributed by atoms with Crippen molar-refractivity contribution >= 4 is 23.4 Å². The predicted molar refractivity (Wildman–Crippen MR) is 151 cm³/mol. The van der Waals surface area contributed by atoms with Crippen molar-refractivity contribution in [1.82, 2.24) is 0 Å². The van der Waals surface area contributed by atoms with Gasteiger partial charge in [0.15, 0.2) is 0 Å². The van der Waals surface area contributed by atoms with Crippen LogP contribution in [0.2, 0.25) is 0 Å². The molecule has 3 aromatic carbocycles. The van der Waals surface area contributed by atoms with Crippen LogP contribution < -0.4 is 14.2 Å². The highest BCUT2D eigenvalue weighted by molar-refractivity contribution is 7.79. The van der Waals surface area contributed by atoms with Crippen molar-refractivity contribution in [1.29, 1.82) is 0 Å². The first-order valence-corrected chi connectivity index (χ1v) is 13.1. The van der Waals surface area contributed by atoms with E-state index in [1.54, 1.807) is 54.6 Å². The molecular weight excluding hydrogens is 580 g/mol. The number of hydrogen-bond donors (Lipinski definition) is 0. The fraction of sp³-hybridized carbons (Fsp3) is 0.333. The molecule has 42 heavy (non-hydrogen) atoms. The first-order valence-electron chi connectivity index (χ1n) is 12.7. The zero-order chi connectivity index (χ0) is 31.2. The number of ether oxygens (including phenoxy) is 6. The van der Waals surface area contributed by atoms with E-state index in [0.717, 1.165) is 0 Å². The van der Waals surface area contributed by atoms with Crippen molar-refractivity contribution in [3.63, 3.8) is 0 Å². The van der Waals surface area contributed by atoms with Crippen molar-refractivity contribution < 1.29 is 50.8 Å². The minimum absolute atomic E-state index is 0.0585. The zero-order valence-electron chi connectivity index (χ0n) is 23.5. The van der Waals surface area contributed by atoms with Gasteiger partial charge in [-0.1, -0.05) is 42.5 Å². The monoisotopic (exact) mass is 612 g/mol. The van der Waals surface area contributed by atoms with Crippen LogP contribution >= 0.6 is 12.2 Å². The van der Waals surface area contributed by atoms with E-state index in [0.29, 0.717) is 22.8 Å². The van der Waals surface area contributed by atoms with E-state index in [4.69, 9.17) is 31.2 Å². The van der Waals surface area contributed by atoms with Gasteiger partial charge in [0, 0.05) is 24.2 Å². The van der Waals surface area contributed by atoms with Gasteiger partial charge in [-0.15, -0.1) is 0 Å². The van der Waals surface area contributed by atoms with E-state index in [1.807, 2.05) is 0 Å². The smallest absolute Gasteiger partial charge is 0.396 e. The lowest BCUT2D eigenvalue weighted by Crippen LogP contribution is -2.34. The Bertz CT molecular complexity index is 1240. The fourth-order valence-electron chi connectivity index (χ4n) is 3.39. The minimum atomic E-state index is -3.59. The summed E-state index contributed by atoms with van der Waals surface area (Å²) in [6, 6.07) is 20.7. The number of benzene rings is 3. The number of carbonyl (C=O) groups is 1. The summed E-state index contributed by atoms with van der Waals surface area (Å²) in [6.45, 7) is 2.71. The Balaban J connectivity index is 0.000000317. The van der Waals surface area contributed by atoms with Crippen molar-refractivity contribution in [2.24, 2.45) is 0 Å². The van der Waals surface area contributed by atoms with Gasteiger partial charge in [-0.25, -0.2) is 4.79 Å². The molecule has 0 amide bonds. The molecule has 0 saturated carbocycles. The molecule has 0 aromatic heterocycles. The van der Waals surface area contributed by atoms with E-state index < -0.39 is 35.8 Å². The first kappa shape index (κ1) is 34.3. The predicted octanol–water partition coefficient (Wildman–Crippen LogP) is 7.18. The van der Waals surface area contributed by atoms with Crippen molar-refractivity contribution in [2.75, 3.05) is 27.4 Å². The number of carbonyl (C=O) groups excluding carboxylic acids is 1. The summed E-state index contributed by atoms with van der Waals surface area (Å²) in [4.78, 5) is 11.0. The van der Waals surface area contributed by atoms with Crippen molar-refractivity contribution in [3.05, 3.63) is 90.0 Å². The van der Waals surface area contributed by atoms with E-state index in [9.17, 15) is 22.4 Å². The molecule has 7 nitrogen and oxygen atoms in total.